The Balaban J connectivity index is 1.25. The maximum atomic E-state index is 12.6. The van der Waals surface area contributed by atoms with Crippen molar-refractivity contribution in [3.8, 4) is 5.75 Å². The molecule has 0 aromatic heterocycles. The van der Waals surface area contributed by atoms with Crippen LogP contribution in [0.5, 0.6) is 5.75 Å². The highest BCUT2D eigenvalue weighted by Crippen LogP contribution is 2.61. The first-order chi connectivity index (χ1) is 14.0. The molecule has 1 aromatic rings. The summed E-state index contributed by atoms with van der Waals surface area (Å²) in [6.07, 6.45) is 13.9. The molecule has 0 heterocycles. The van der Waals surface area contributed by atoms with Crippen LogP contribution < -0.4 is 0 Å². The number of rotatable bonds is 4. The van der Waals surface area contributed by atoms with Gasteiger partial charge in [0, 0.05) is 11.8 Å². The lowest BCUT2D eigenvalue weighted by Crippen LogP contribution is -2.45. The number of phenols is 1. The SMILES string of the molecule is CC12CC[C@@H]3c4ccc(O)cc4CC[C@H]3C1CC[C@@H]2OC(=O)CCC1CCCC1. The molecule has 0 amide bonds. The van der Waals surface area contributed by atoms with Crippen LogP contribution in [0.3, 0.4) is 0 Å². The molecule has 0 bridgehead atoms. The van der Waals surface area contributed by atoms with Crippen molar-refractivity contribution in [2.24, 2.45) is 23.2 Å². The number of fused-ring (bicyclic) bond motifs is 5. The standard InChI is InChI=1S/C26H36O3/c1-26-15-14-21-20-10-8-19(27)16-18(20)7-9-22(21)23(26)11-12-24(26)29-25(28)13-6-17-4-2-3-5-17/h8,10,16-17,21-24,27H,2-7,9,11-15H2,1H3/t21-,22-,23?,24+,26?/m1/s1. The molecular formula is C26H36O3. The summed E-state index contributed by atoms with van der Waals surface area (Å²) in [5.74, 6) is 3.19. The Morgan fingerprint density at radius 3 is 2.79 bits per heavy atom. The number of hydrogen-bond donors (Lipinski definition) is 1. The van der Waals surface area contributed by atoms with E-state index < -0.39 is 0 Å². The predicted molar refractivity (Wildman–Crippen MR) is 114 cm³/mol. The van der Waals surface area contributed by atoms with E-state index in [2.05, 4.69) is 13.0 Å². The summed E-state index contributed by atoms with van der Waals surface area (Å²) >= 11 is 0. The number of hydrogen-bond acceptors (Lipinski definition) is 3. The van der Waals surface area contributed by atoms with Crippen molar-refractivity contribution in [1.29, 1.82) is 0 Å². The third-order valence-corrected chi connectivity index (χ3v) is 9.13. The Hall–Kier alpha value is -1.51. The van der Waals surface area contributed by atoms with Crippen molar-refractivity contribution < 1.29 is 14.6 Å². The summed E-state index contributed by atoms with van der Waals surface area (Å²) in [5, 5.41) is 9.86. The second-order valence-electron chi connectivity index (χ2n) is 10.6. The predicted octanol–water partition coefficient (Wildman–Crippen LogP) is 6.13. The molecule has 0 aliphatic heterocycles. The molecule has 2 unspecified atom stereocenters. The zero-order valence-electron chi connectivity index (χ0n) is 17.9. The van der Waals surface area contributed by atoms with E-state index in [0.29, 0.717) is 29.9 Å². The zero-order chi connectivity index (χ0) is 20.0. The number of phenolic OH excluding ortho intramolecular Hbond substituents is 1. The van der Waals surface area contributed by atoms with Crippen molar-refractivity contribution in [3.05, 3.63) is 29.3 Å². The Morgan fingerprint density at radius 1 is 1.14 bits per heavy atom. The highest BCUT2D eigenvalue weighted by atomic mass is 16.5. The van der Waals surface area contributed by atoms with Crippen LogP contribution in [0.2, 0.25) is 0 Å². The number of aryl methyl sites for hydroxylation is 1. The Labute approximate surface area is 175 Å². The van der Waals surface area contributed by atoms with Gasteiger partial charge >= 0.3 is 5.97 Å². The van der Waals surface area contributed by atoms with E-state index in [1.54, 1.807) is 0 Å². The van der Waals surface area contributed by atoms with E-state index in [9.17, 15) is 9.90 Å². The van der Waals surface area contributed by atoms with Gasteiger partial charge in [-0.05, 0) is 91.9 Å². The van der Waals surface area contributed by atoms with E-state index in [4.69, 9.17) is 4.74 Å². The second-order valence-corrected chi connectivity index (χ2v) is 10.6. The van der Waals surface area contributed by atoms with E-state index >= 15 is 0 Å². The van der Waals surface area contributed by atoms with Crippen LogP contribution in [0.25, 0.3) is 0 Å². The van der Waals surface area contributed by atoms with Gasteiger partial charge in [0.05, 0.1) is 0 Å². The van der Waals surface area contributed by atoms with Gasteiger partial charge in [-0.3, -0.25) is 4.79 Å². The molecule has 29 heavy (non-hydrogen) atoms. The van der Waals surface area contributed by atoms with E-state index in [-0.39, 0.29) is 17.5 Å². The number of carbonyl (C=O) groups excluding carboxylic acids is 1. The topological polar surface area (TPSA) is 46.5 Å². The van der Waals surface area contributed by atoms with Crippen molar-refractivity contribution >= 4 is 5.97 Å². The first-order valence-electron chi connectivity index (χ1n) is 12.1. The van der Waals surface area contributed by atoms with Crippen LogP contribution in [0, 0.1) is 23.2 Å². The quantitative estimate of drug-likeness (QED) is 0.623. The molecule has 158 valence electrons. The van der Waals surface area contributed by atoms with E-state index in [1.807, 2.05) is 12.1 Å². The maximum absolute atomic E-state index is 12.6. The minimum atomic E-state index is 0.0513. The average Bonchev–Trinajstić information content (AvgIpc) is 3.34. The lowest BCUT2D eigenvalue weighted by atomic mass is 9.55. The van der Waals surface area contributed by atoms with Gasteiger partial charge in [0.15, 0.2) is 0 Å². The van der Waals surface area contributed by atoms with Crippen LogP contribution in [0.15, 0.2) is 18.2 Å². The van der Waals surface area contributed by atoms with Crippen LogP contribution in [0.1, 0.15) is 94.6 Å². The van der Waals surface area contributed by atoms with Gasteiger partial charge in [-0.2, -0.15) is 0 Å². The van der Waals surface area contributed by atoms with Crippen LogP contribution in [-0.4, -0.2) is 17.2 Å². The summed E-state index contributed by atoms with van der Waals surface area (Å²) in [5.41, 5.74) is 2.97. The lowest BCUT2D eigenvalue weighted by Gasteiger charge is -2.50. The summed E-state index contributed by atoms with van der Waals surface area (Å²) in [7, 11) is 0. The minimum absolute atomic E-state index is 0.0513. The number of ether oxygens (including phenoxy) is 1. The molecule has 3 saturated carbocycles. The molecule has 5 rings (SSSR count). The van der Waals surface area contributed by atoms with Crippen LogP contribution >= 0.6 is 0 Å². The maximum Gasteiger partial charge on any atom is 0.306 e. The number of carbonyl (C=O) groups is 1. The van der Waals surface area contributed by atoms with Crippen molar-refractivity contribution in [2.45, 2.75) is 96.0 Å². The Kier molecular flexibility index (Phi) is 5.12. The number of benzene rings is 1. The Morgan fingerprint density at radius 2 is 1.97 bits per heavy atom. The molecule has 3 fully saturated rings. The fraction of sp³-hybridized carbons (Fsp3) is 0.731. The van der Waals surface area contributed by atoms with Crippen molar-refractivity contribution in [2.75, 3.05) is 0 Å². The monoisotopic (exact) mass is 396 g/mol. The first kappa shape index (κ1) is 19.5. The summed E-state index contributed by atoms with van der Waals surface area (Å²) < 4.78 is 6.14. The van der Waals surface area contributed by atoms with Gasteiger partial charge in [-0.15, -0.1) is 0 Å². The molecular weight excluding hydrogens is 360 g/mol. The van der Waals surface area contributed by atoms with E-state index in [1.165, 1.54) is 56.1 Å². The van der Waals surface area contributed by atoms with Crippen LogP contribution in [0.4, 0.5) is 0 Å². The molecule has 5 atom stereocenters. The molecule has 3 heteroatoms. The average molecular weight is 397 g/mol. The fourth-order valence-corrected chi connectivity index (χ4v) is 7.55. The molecule has 1 aromatic carbocycles. The van der Waals surface area contributed by atoms with Gasteiger partial charge in [-0.1, -0.05) is 38.7 Å². The van der Waals surface area contributed by atoms with Crippen molar-refractivity contribution in [3.63, 3.8) is 0 Å². The second kappa shape index (κ2) is 7.63. The molecule has 4 aliphatic rings. The number of aromatic hydroxyl groups is 1. The summed E-state index contributed by atoms with van der Waals surface area (Å²) in [6.45, 7) is 2.40. The molecule has 0 radical (unpaired) electrons. The van der Waals surface area contributed by atoms with Gasteiger partial charge < -0.3 is 9.84 Å². The number of esters is 1. The molecule has 0 saturated heterocycles. The van der Waals surface area contributed by atoms with Crippen molar-refractivity contribution in [1.82, 2.24) is 0 Å². The first-order valence-corrected chi connectivity index (χ1v) is 12.1. The summed E-state index contributed by atoms with van der Waals surface area (Å²) in [4.78, 5) is 12.6. The third kappa shape index (κ3) is 3.49. The Bertz CT molecular complexity index is 765. The molecule has 3 nitrogen and oxygen atoms in total. The third-order valence-electron chi connectivity index (χ3n) is 9.13. The minimum Gasteiger partial charge on any atom is -0.508 e. The smallest absolute Gasteiger partial charge is 0.306 e. The lowest BCUT2D eigenvalue weighted by molar-refractivity contribution is -0.157. The largest absolute Gasteiger partial charge is 0.508 e. The van der Waals surface area contributed by atoms with Gasteiger partial charge in [0.25, 0.3) is 0 Å². The highest BCUT2D eigenvalue weighted by Gasteiger charge is 2.56. The zero-order valence-corrected chi connectivity index (χ0v) is 17.9. The van der Waals surface area contributed by atoms with E-state index in [0.717, 1.165) is 31.6 Å². The molecule has 1 N–H and O–H groups in total. The van der Waals surface area contributed by atoms with Gasteiger partial charge in [-0.25, -0.2) is 0 Å². The molecule has 4 aliphatic carbocycles. The normalized spacial score (nSPS) is 36.3. The van der Waals surface area contributed by atoms with Gasteiger partial charge in [0.1, 0.15) is 11.9 Å². The summed E-state index contributed by atoms with van der Waals surface area (Å²) in [6, 6.07) is 6.00. The highest BCUT2D eigenvalue weighted by molar-refractivity contribution is 5.69. The fourth-order valence-electron chi connectivity index (χ4n) is 7.55. The molecule has 0 spiro atoms. The van der Waals surface area contributed by atoms with Crippen LogP contribution in [-0.2, 0) is 16.0 Å². The van der Waals surface area contributed by atoms with Gasteiger partial charge in [0.2, 0.25) is 0 Å².